The number of hydrogen-bond donors (Lipinski definition) is 1. The summed E-state index contributed by atoms with van der Waals surface area (Å²) >= 11 is 0. The molecule has 0 spiro atoms. The minimum absolute atomic E-state index is 0.342. The topological polar surface area (TPSA) is 64.6 Å². The van der Waals surface area contributed by atoms with E-state index in [1.54, 1.807) is 25.1 Å². The molecule has 24 heavy (non-hydrogen) atoms. The van der Waals surface area contributed by atoms with Gasteiger partial charge in [0.1, 0.15) is 13.2 Å². The second-order valence-corrected chi connectivity index (χ2v) is 7.04. The van der Waals surface area contributed by atoms with Crippen LogP contribution in [0.15, 0.2) is 41.3 Å². The first kappa shape index (κ1) is 16.7. The van der Waals surface area contributed by atoms with E-state index in [-0.39, 0.29) is 4.90 Å². The summed E-state index contributed by atoms with van der Waals surface area (Å²) in [4.78, 5) is -0.342. The van der Waals surface area contributed by atoms with Gasteiger partial charge in [-0.2, -0.15) is 0 Å². The van der Waals surface area contributed by atoms with Crippen molar-refractivity contribution in [2.75, 3.05) is 13.2 Å². The normalized spacial score (nSPS) is 15.1. The van der Waals surface area contributed by atoms with Crippen molar-refractivity contribution in [3.05, 3.63) is 53.6 Å². The van der Waals surface area contributed by atoms with Crippen molar-refractivity contribution in [1.29, 1.82) is 0 Å². The summed E-state index contributed by atoms with van der Waals surface area (Å²) in [6.07, 6.45) is 0. The first-order chi connectivity index (χ1) is 11.4. The van der Waals surface area contributed by atoms with Gasteiger partial charge >= 0.3 is 0 Å². The van der Waals surface area contributed by atoms with Gasteiger partial charge in [-0.15, -0.1) is 0 Å². The van der Waals surface area contributed by atoms with Crippen molar-refractivity contribution in [3.63, 3.8) is 0 Å². The van der Waals surface area contributed by atoms with E-state index in [1.807, 2.05) is 0 Å². The summed E-state index contributed by atoms with van der Waals surface area (Å²) in [6.45, 7) is 2.53. The fourth-order valence-electron chi connectivity index (χ4n) is 2.34. The Hall–Kier alpha value is -2.19. The number of halogens is 2. The predicted octanol–water partition coefficient (Wildman–Crippen LogP) is 2.78. The minimum atomic E-state index is -4.00. The van der Waals surface area contributed by atoms with Crippen molar-refractivity contribution in [3.8, 4) is 11.5 Å². The van der Waals surface area contributed by atoms with Gasteiger partial charge < -0.3 is 9.47 Å². The van der Waals surface area contributed by atoms with Gasteiger partial charge in [-0.1, -0.05) is 6.07 Å². The Kier molecular flexibility index (Phi) is 4.42. The number of rotatable bonds is 4. The zero-order chi connectivity index (χ0) is 17.3. The molecule has 128 valence electrons. The lowest BCUT2D eigenvalue weighted by molar-refractivity contribution is 0.171. The number of benzene rings is 2. The molecule has 0 saturated carbocycles. The van der Waals surface area contributed by atoms with E-state index in [1.165, 1.54) is 0 Å². The third-order valence-electron chi connectivity index (χ3n) is 3.60. The second kappa shape index (κ2) is 6.37. The lowest BCUT2D eigenvalue weighted by Gasteiger charge is -2.21. The lowest BCUT2D eigenvalue weighted by atomic mass is 10.1. The number of sulfonamides is 1. The molecule has 1 heterocycles. The summed E-state index contributed by atoms with van der Waals surface area (Å²) in [6, 6.07) is 6.94. The van der Waals surface area contributed by atoms with Gasteiger partial charge in [0, 0.05) is 6.04 Å². The van der Waals surface area contributed by atoms with Gasteiger partial charge in [0.05, 0.1) is 4.90 Å². The second-order valence-electron chi connectivity index (χ2n) is 5.32. The highest BCUT2D eigenvalue weighted by atomic mass is 32.2. The Morgan fingerprint density at radius 3 is 2.42 bits per heavy atom. The molecule has 0 bridgehead atoms. The van der Waals surface area contributed by atoms with Gasteiger partial charge in [0.25, 0.3) is 0 Å². The molecule has 0 amide bonds. The van der Waals surface area contributed by atoms with Crippen LogP contribution in [0.3, 0.4) is 0 Å². The van der Waals surface area contributed by atoms with Gasteiger partial charge in [-0.25, -0.2) is 21.9 Å². The van der Waals surface area contributed by atoms with Crippen LogP contribution in [0.4, 0.5) is 8.78 Å². The van der Waals surface area contributed by atoms with Crippen LogP contribution in [0.5, 0.6) is 11.5 Å². The Balaban J connectivity index is 1.82. The zero-order valence-electron chi connectivity index (χ0n) is 12.8. The first-order valence-corrected chi connectivity index (χ1v) is 8.72. The third-order valence-corrected chi connectivity index (χ3v) is 5.14. The molecule has 1 N–H and O–H groups in total. The van der Waals surface area contributed by atoms with Crippen LogP contribution >= 0.6 is 0 Å². The van der Waals surface area contributed by atoms with Crippen LogP contribution in [0.1, 0.15) is 18.5 Å². The van der Waals surface area contributed by atoms with Crippen LogP contribution in [-0.4, -0.2) is 21.6 Å². The van der Waals surface area contributed by atoms with Crippen LogP contribution in [0.25, 0.3) is 0 Å². The van der Waals surface area contributed by atoms with Gasteiger partial charge in [-0.3, -0.25) is 0 Å². The average Bonchev–Trinajstić information content (AvgIpc) is 2.56. The zero-order valence-corrected chi connectivity index (χ0v) is 13.6. The van der Waals surface area contributed by atoms with E-state index < -0.39 is 27.7 Å². The quantitative estimate of drug-likeness (QED) is 0.916. The molecule has 5 nitrogen and oxygen atoms in total. The maximum absolute atomic E-state index is 13.3. The summed E-state index contributed by atoms with van der Waals surface area (Å²) in [5.41, 5.74) is 0.658. The van der Waals surface area contributed by atoms with Crippen LogP contribution < -0.4 is 14.2 Å². The van der Waals surface area contributed by atoms with Gasteiger partial charge in [-0.05, 0) is 42.8 Å². The summed E-state index contributed by atoms with van der Waals surface area (Å²) in [5.74, 6) is -1.18. The molecule has 1 atom stereocenters. The Bertz CT molecular complexity index is 870. The average molecular weight is 355 g/mol. The Morgan fingerprint density at radius 1 is 1.00 bits per heavy atom. The molecule has 0 fully saturated rings. The molecule has 1 aliphatic heterocycles. The summed E-state index contributed by atoms with van der Waals surface area (Å²) in [5, 5.41) is 0. The highest BCUT2D eigenvalue weighted by molar-refractivity contribution is 7.89. The minimum Gasteiger partial charge on any atom is -0.486 e. The van der Waals surface area contributed by atoms with Crippen molar-refractivity contribution < 1.29 is 26.7 Å². The van der Waals surface area contributed by atoms with E-state index in [4.69, 9.17) is 9.47 Å². The largest absolute Gasteiger partial charge is 0.486 e. The van der Waals surface area contributed by atoms with E-state index in [0.717, 1.165) is 12.1 Å². The van der Waals surface area contributed by atoms with Crippen molar-refractivity contribution >= 4 is 10.0 Å². The fourth-order valence-corrected chi connectivity index (χ4v) is 3.59. The van der Waals surface area contributed by atoms with Crippen LogP contribution in [-0.2, 0) is 10.0 Å². The molecule has 0 radical (unpaired) electrons. The molecular formula is C16H15F2NO4S. The van der Waals surface area contributed by atoms with E-state index >= 15 is 0 Å². The Morgan fingerprint density at radius 2 is 1.71 bits per heavy atom. The molecule has 0 aliphatic carbocycles. The molecule has 1 unspecified atom stereocenters. The molecule has 0 aromatic heterocycles. The standard InChI is InChI=1S/C16H15F2NO4S/c1-10(11-2-5-15-16(8-11)23-7-6-22-15)19-24(20,21)12-3-4-13(17)14(18)9-12/h2-5,8-10,19H,6-7H2,1H3. The smallest absolute Gasteiger partial charge is 0.241 e. The summed E-state index contributed by atoms with van der Waals surface area (Å²) in [7, 11) is -4.00. The van der Waals surface area contributed by atoms with Gasteiger partial charge in [0.2, 0.25) is 10.0 Å². The van der Waals surface area contributed by atoms with E-state index in [0.29, 0.717) is 36.3 Å². The Labute approximate surface area is 138 Å². The molecule has 1 aliphatic rings. The molecule has 2 aromatic rings. The van der Waals surface area contributed by atoms with Crippen LogP contribution in [0.2, 0.25) is 0 Å². The molecule has 2 aromatic carbocycles. The van der Waals surface area contributed by atoms with Crippen LogP contribution in [0, 0.1) is 11.6 Å². The number of nitrogens with one attached hydrogen (secondary N) is 1. The summed E-state index contributed by atoms with van der Waals surface area (Å²) < 4.78 is 64.1. The van der Waals surface area contributed by atoms with Crippen molar-refractivity contribution in [2.45, 2.75) is 17.9 Å². The highest BCUT2D eigenvalue weighted by Crippen LogP contribution is 2.33. The monoisotopic (exact) mass is 355 g/mol. The predicted molar refractivity (Wildman–Crippen MR) is 82.5 cm³/mol. The van der Waals surface area contributed by atoms with E-state index in [9.17, 15) is 17.2 Å². The van der Waals surface area contributed by atoms with E-state index in [2.05, 4.69) is 4.72 Å². The first-order valence-electron chi connectivity index (χ1n) is 7.24. The number of hydrogen-bond acceptors (Lipinski definition) is 4. The molecular weight excluding hydrogens is 340 g/mol. The molecule has 0 saturated heterocycles. The molecule has 8 heteroatoms. The maximum atomic E-state index is 13.3. The van der Waals surface area contributed by atoms with Crippen molar-refractivity contribution in [2.24, 2.45) is 0 Å². The number of fused-ring (bicyclic) bond motifs is 1. The SMILES string of the molecule is CC(NS(=O)(=O)c1ccc(F)c(F)c1)c1ccc2c(c1)OCCO2. The molecule has 3 rings (SSSR count). The lowest BCUT2D eigenvalue weighted by Crippen LogP contribution is -2.27. The number of ether oxygens (including phenoxy) is 2. The maximum Gasteiger partial charge on any atom is 0.241 e. The van der Waals surface area contributed by atoms with Gasteiger partial charge in [0.15, 0.2) is 23.1 Å². The van der Waals surface area contributed by atoms with Crippen molar-refractivity contribution in [1.82, 2.24) is 4.72 Å². The highest BCUT2D eigenvalue weighted by Gasteiger charge is 2.21. The third kappa shape index (κ3) is 3.34. The fraction of sp³-hybridized carbons (Fsp3) is 0.250.